The molecule has 0 saturated carbocycles. The van der Waals surface area contributed by atoms with Crippen molar-refractivity contribution in [3.05, 3.63) is 58.2 Å². The van der Waals surface area contributed by atoms with Crippen LogP contribution in [0.4, 0.5) is 0 Å². The third-order valence-electron chi connectivity index (χ3n) is 5.12. The Hall–Kier alpha value is -2.66. The average Bonchev–Trinajstić information content (AvgIpc) is 3.25. The summed E-state index contributed by atoms with van der Waals surface area (Å²) in [5.41, 5.74) is 4.18. The van der Waals surface area contributed by atoms with Crippen LogP contribution in [0, 0.1) is 0 Å². The normalized spacial score (nSPS) is 18.0. The molecule has 1 atom stereocenters. The molecule has 6 heteroatoms. The molecule has 2 heterocycles. The quantitative estimate of drug-likeness (QED) is 0.722. The number of aromatic nitrogens is 1. The Bertz CT molecular complexity index is 1030. The van der Waals surface area contributed by atoms with Crippen LogP contribution in [0.15, 0.2) is 36.4 Å². The van der Waals surface area contributed by atoms with Gasteiger partial charge in [-0.2, -0.15) is 0 Å². The number of carbonyl (C=O) groups excluding carboxylic acids is 1. The van der Waals surface area contributed by atoms with Gasteiger partial charge in [-0.15, -0.1) is 0 Å². The SMILES string of the molecule is O=C(NC1CCc2[nH]c3ccc(Cl)cc3c2C1)c1ccc2c(c1)OCO2. The molecule has 3 aromatic rings. The molecule has 1 aromatic heterocycles. The molecule has 5 nitrogen and oxygen atoms in total. The molecule has 0 bridgehead atoms. The third kappa shape index (κ3) is 2.59. The van der Waals surface area contributed by atoms with Gasteiger partial charge in [0.15, 0.2) is 11.5 Å². The van der Waals surface area contributed by atoms with Crippen molar-refractivity contribution in [3.63, 3.8) is 0 Å². The number of hydrogen-bond acceptors (Lipinski definition) is 3. The van der Waals surface area contributed by atoms with E-state index < -0.39 is 0 Å². The minimum Gasteiger partial charge on any atom is -0.454 e. The summed E-state index contributed by atoms with van der Waals surface area (Å²) in [6, 6.07) is 11.3. The van der Waals surface area contributed by atoms with Crippen molar-refractivity contribution < 1.29 is 14.3 Å². The van der Waals surface area contributed by atoms with Gasteiger partial charge in [-0.1, -0.05) is 11.6 Å². The van der Waals surface area contributed by atoms with Gasteiger partial charge >= 0.3 is 0 Å². The number of nitrogens with one attached hydrogen (secondary N) is 2. The number of amides is 1. The summed E-state index contributed by atoms with van der Waals surface area (Å²) in [7, 11) is 0. The molecule has 2 aromatic carbocycles. The highest BCUT2D eigenvalue weighted by Gasteiger charge is 2.25. The Balaban J connectivity index is 1.37. The number of carbonyl (C=O) groups is 1. The first-order chi connectivity index (χ1) is 12.7. The van der Waals surface area contributed by atoms with Crippen LogP contribution in [-0.2, 0) is 12.8 Å². The van der Waals surface area contributed by atoms with E-state index in [0.29, 0.717) is 17.1 Å². The minimum atomic E-state index is -0.0883. The third-order valence-corrected chi connectivity index (χ3v) is 5.35. The summed E-state index contributed by atoms with van der Waals surface area (Å²) in [5, 5.41) is 5.03. The summed E-state index contributed by atoms with van der Waals surface area (Å²) in [5.74, 6) is 1.21. The number of aromatic amines is 1. The smallest absolute Gasteiger partial charge is 0.251 e. The number of rotatable bonds is 2. The number of benzene rings is 2. The molecule has 0 saturated heterocycles. The number of ether oxygens (including phenoxy) is 2. The molecule has 1 aliphatic heterocycles. The topological polar surface area (TPSA) is 63.4 Å². The maximum atomic E-state index is 12.6. The van der Waals surface area contributed by atoms with E-state index in [4.69, 9.17) is 21.1 Å². The molecule has 1 aliphatic carbocycles. The number of H-pyrrole nitrogens is 1. The van der Waals surface area contributed by atoms with Crippen molar-refractivity contribution in [2.24, 2.45) is 0 Å². The highest BCUT2D eigenvalue weighted by Crippen LogP contribution is 2.33. The molecule has 132 valence electrons. The Kier molecular flexibility index (Phi) is 3.57. The summed E-state index contributed by atoms with van der Waals surface area (Å²) >= 11 is 6.16. The lowest BCUT2D eigenvalue weighted by molar-refractivity contribution is 0.0933. The van der Waals surface area contributed by atoms with Gasteiger partial charge in [0.25, 0.3) is 5.91 Å². The molecular formula is C20H17ClN2O3. The predicted molar refractivity (Wildman–Crippen MR) is 99.2 cm³/mol. The standard InChI is InChI=1S/C20H17ClN2O3/c21-12-2-4-16-14(8-12)15-9-13(3-5-17(15)23-16)22-20(24)11-1-6-18-19(7-11)26-10-25-18/h1-2,4,6-8,13,23H,3,5,9-10H2,(H,22,24). The molecule has 0 fully saturated rings. The lowest BCUT2D eigenvalue weighted by atomic mass is 9.91. The van der Waals surface area contributed by atoms with Crippen molar-refractivity contribution in [2.45, 2.75) is 25.3 Å². The summed E-state index contributed by atoms with van der Waals surface area (Å²) in [4.78, 5) is 16.1. The van der Waals surface area contributed by atoms with Crippen LogP contribution in [0.25, 0.3) is 10.9 Å². The van der Waals surface area contributed by atoms with E-state index in [0.717, 1.165) is 35.2 Å². The first kappa shape index (κ1) is 15.6. The van der Waals surface area contributed by atoms with Crippen LogP contribution in [0.3, 0.4) is 0 Å². The van der Waals surface area contributed by atoms with Crippen molar-refractivity contribution in [1.82, 2.24) is 10.3 Å². The zero-order valence-electron chi connectivity index (χ0n) is 14.0. The van der Waals surface area contributed by atoms with E-state index in [1.54, 1.807) is 18.2 Å². The summed E-state index contributed by atoms with van der Waals surface area (Å²) in [6.45, 7) is 0.203. The lowest BCUT2D eigenvalue weighted by Crippen LogP contribution is -2.38. The Labute approximate surface area is 155 Å². The van der Waals surface area contributed by atoms with Crippen LogP contribution in [0.2, 0.25) is 5.02 Å². The van der Waals surface area contributed by atoms with Gasteiger partial charge in [-0.3, -0.25) is 4.79 Å². The first-order valence-electron chi connectivity index (χ1n) is 8.67. The minimum absolute atomic E-state index is 0.0883. The molecular weight excluding hydrogens is 352 g/mol. The van der Waals surface area contributed by atoms with Gasteiger partial charge in [0, 0.05) is 33.2 Å². The summed E-state index contributed by atoms with van der Waals surface area (Å²) in [6.07, 6.45) is 2.61. The number of aryl methyl sites for hydroxylation is 1. The van der Waals surface area contributed by atoms with Gasteiger partial charge in [0.1, 0.15) is 0 Å². The lowest BCUT2D eigenvalue weighted by Gasteiger charge is -2.23. The van der Waals surface area contributed by atoms with Gasteiger partial charge in [0.05, 0.1) is 0 Å². The van der Waals surface area contributed by atoms with E-state index >= 15 is 0 Å². The maximum Gasteiger partial charge on any atom is 0.251 e. The Morgan fingerprint density at radius 3 is 2.96 bits per heavy atom. The number of hydrogen-bond donors (Lipinski definition) is 2. The van der Waals surface area contributed by atoms with Gasteiger partial charge < -0.3 is 19.8 Å². The molecule has 2 N–H and O–H groups in total. The molecule has 0 spiro atoms. The fourth-order valence-electron chi connectivity index (χ4n) is 3.82. The largest absolute Gasteiger partial charge is 0.454 e. The highest BCUT2D eigenvalue weighted by atomic mass is 35.5. The van der Waals surface area contributed by atoms with Crippen LogP contribution in [0.5, 0.6) is 11.5 Å². The van der Waals surface area contributed by atoms with Crippen LogP contribution < -0.4 is 14.8 Å². The van der Waals surface area contributed by atoms with Gasteiger partial charge in [-0.25, -0.2) is 0 Å². The van der Waals surface area contributed by atoms with Crippen LogP contribution >= 0.6 is 11.6 Å². The molecule has 1 amide bonds. The van der Waals surface area contributed by atoms with Crippen molar-refractivity contribution in [2.75, 3.05) is 6.79 Å². The molecule has 2 aliphatic rings. The van der Waals surface area contributed by atoms with Crippen molar-refractivity contribution >= 4 is 28.4 Å². The van der Waals surface area contributed by atoms with Gasteiger partial charge in [-0.05, 0) is 61.2 Å². The summed E-state index contributed by atoms with van der Waals surface area (Å²) < 4.78 is 10.7. The molecule has 0 radical (unpaired) electrons. The fourth-order valence-corrected chi connectivity index (χ4v) is 3.99. The molecule has 1 unspecified atom stereocenters. The van der Waals surface area contributed by atoms with E-state index in [-0.39, 0.29) is 18.7 Å². The van der Waals surface area contributed by atoms with E-state index in [9.17, 15) is 4.79 Å². The maximum absolute atomic E-state index is 12.6. The zero-order valence-corrected chi connectivity index (χ0v) is 14.7. The predicted octanol–water partition coefficient (Wildman–Crippen LogP) is 3.84. The average molecular weight is 369 g/mol. The van der Waals surface area contributed by atoms with E-state index in [2.05, 4.69) is 10.3 Å². The number of halogens is 1. The second kappa shape index (κ2) is 5.95. The Morgan fingerprint density at radius 1 is 1.15 bits per heavy atom. The zero-order chi connectivity index (χ0) is 17.7. The van der Waals surface area contributed by atoms with Crippen LogP contribution in [-0.4, -0.2) is 23.7 Å². The van der Waals surface area contributed by atoms with Crippen molar-refractivity contribution in [1.29, 1.82) is 0 Å². The first-order valence-corrected chi connectivity index (χ1v) is 9.05. The second-order valence-electron chi connectivity index (χ2n) is 6.75. The second-order valence-corrected chi connectivity index (χ2v) is 7.19. The van der Waals surface area contributed by atoms with Crippen LogP contribution in [0.1, 0.15) is 28.0 Å². The fraction of sp³-hybridized carbons (Fsp3) is 0.250. The highest BCUT2D eigenvalue weighted by molar-refractivity contribution is 6.31. The van der Waals surface area contributed by atoms with E-state index in [1.807, 2.05) is 18.2 Å². The monoisotopic (exact) mass is 368 g/mol. The number of fused-ring (bicyclic) bond motifs is 4. The molecule has 26 heavy (non-hydrogen) atoms. The van der Waals surface area contributed by atoms with E-state index in [1.165, 1.54) is 11.3 Å². The Morgan fingerprint density at radius 2 is 2.04 bits per heavy atom. The molecule has 5 rings (SSSR count). The van der Waals surface area contributed by atoms with Crippen molar-refractivity contribution in [3.8, 4) is 11.5 Å². The van der Waals surface area contributed by atoms with Gasteiger partial charge in [0.2, 0.25) is 6.79 Å².